The molecular formula is C15H14ClN3O4S. The number of halogens is 1. The molecule has 0 radical (unpaired) electrons. The Morgan fingerprint density at radius 2 is 1.92 bits per heavy atom. The van der Waals surface area contributed by atoms with Crippen molar-refractivity contribution in [2.45, 2.75) is 4.90 Å². The fourth-order valence-corrected chi connectivity index (χ4v) is 3.25. The molecule has 2 rings (SSSR count). The molecule has 9 heteroatoms. The first-order valence-corrected chi connectivity index (χ1v) is 8.62. The van der Waals surface area contributed by atoms with Crippen molar-refractivity contribution in [1.82, 2.24) is 0 Å². The first-order valence-electron chi connectivity index (χ1n) is 6.75. The van der Waals surface area contributed by atoms with E-state index < -0.39 is 14.9 Å². The molecule has 0 saturated heterocycles. The van der Waals surface area contributed by atoms with Gasteiger partial charge in [0.05, 0.1) is 20.5 Å². The van der Waals surface area contributed by atoms with Crippen LogP contribution < -0.4 is 10.0 Å². The number of anilines is 2. The van der Waals surface area contributed by atoms with Gasteiger partial charge in [-0.1, -0.05) is 29.8 Å². The maximum Gasteiger partial charge on any atom is 0.293 e. The molecule has 24 heavy (non-hydrogen) atoms. The van der Waals surface area contributed by atoms with Crippen LogP contribution in [0.2, 0.25) is 5.02 Å². The minimum Gasteiger partial charge on any atom is -0.376 e. The highest BCUT2D eigenvalue weighted by Crippen LogP contribution is 2.29. The summed E-state index contributed by atoms with van der Waals surface area (Å²) in [5, 5.41) is 14.2. The van der Waals surface area contributed by atoms with E-state index in [0.717, 1.165) is 6.07 Å². The van der Waals surface area contributed by atoms with Crippen molar-refractivity contribution in [3.05, 3.63) is 70.3 Å². The molecule has 2 aromatic rings. The number of hydrogen-bond acceptors (Lipinski definition) is 5. The highest BCUT2D eigenvalue weighted by atomic mass is 35.5. The molecule has 0 saturated carbocycles. The van der Waals surface area contributed by atoms with Gasteiger partial charge in [0.2, 0.25) is 0 Å². The standard InChI is InChI=1S/C15H14ClN3O4S/c1-2-9-17-14-8-7-11(10-15(14)19(20)21)24(22,23)18-13-6-4-3-5-12(13)16/h2-8,10,17-18H,1,9H2. The first-order chi connectivity index (χ1) is 11.3. The zero-order chi connectivity index (χ0) is 17.7. The summed E-state index contributed by atoms with van der Waals surface area (Å²) in [4.78, 5) is 10.3. The van der Waals surface area contributed by atoms with Crippen LogP contribution >= 0.6 is 11.6 Å². The summed E-state index contributed by atoms with van der Waals surface area (Å²) in [6.07, 6.45) is 1.54. The summed E-state index contributed by atoms with van der Waals surface area (Å²) in [6.45, 7) is 3.82. The Hall–Kier alpha value is -2.58. The van der Waals surface area contributed by atoms with E-state index in [9.17, 15) is 18.5 Å². The van der Waals surface area contributed by atoms with Crippen LogP contribution in [0.25, 0.3) is 0 Å². The van der Waals surface area contributed by atoms with Crippen LogP contribution in [0.4, 0.5) is 17.1 Å². The number of nitro benzene ring substituents is 1. The molecule has 126 valence electrons. The maximum atomic E-state index is 12.4. The topological polar surface area (TPSA) is 101 Å². The average Bonchev–Trinajstić information content (AvgIpc) is 2.54. The van der Waals surface area contributed by atoms with E-state index >= 15 is 0 Å². The minimum atomic E-state index is -4.02. The Labute approximate surface area is 144 Å². The van der Waals surface area contributed by atoms with Gasteiger partial charge in [0.15, 0.2) is 0 Å². The largest absolute Gasteiger partial charge is 0.376 e. The van der Waals surface area contributed by atoms with Gasteiger partial charge in [0.1, 0.15) is 5.69 Å². The highest BCUT2D eigenvalue weighted by Gasteiger charge is 2.22. The van der Waals surface area contributed by atoms with E-state index in [0.29, 0.717) is 6.54 Å². The molecule has 2 N–H and O–H groups in total. The Balaban J connectivity index is 2.40. The minimum absolute atomic E-state index is 0.190. The molecule has 0 aliphatic rings. The maximum absolute atomic E-state index is 12.4. The summed E-state index contributed by atoms with van der Waals surface area (Å²) in [5.74, 6) is 0. The van der Waals surface area contributed by atoms with Crippen LogP contribution in [-0.4, -0.2) is 19.9 Å². The van der Waals surface area contributed by atoms with Gasteiger partial charge in [0, 0.05) is 12.6 Å². The second kappa shape index (κ2) is 7.33. The smallest absolute Gasteiger partial charge is 0.293 e. The lowest BCUT2D eigenvalue weighted by atomic mass is 10.2. The monoisotopic (exact) mass is 367 g/mol. The number of sulfonamides is 1. The fourth-order valence-electron chi connectivity index (χ4n) is 1.91. The van der Waals surface area contributed by atoms with Crippen molar-refractivity contribution in [2.24, 2.45) is 0 Å². The van der Waals surface area contributed by atoms with Gasteiger partial charge in [-0.25, -0.2) is 8.42 Å². The second-order valence-electron chi connectivity index (χ2n) is 4.69. The number of nitrogens with zero attached hydrogens (tertiary/aromatic N) is 1. The second-order valence-corrected chi connectivity index (χ2v) is 6.78. The van der Waals surface area contributed by atoms with Gasteiger partial charge in [-0.2, -0.15) is 0 Å². The van der Waals surface area contributed by atoms with Crippen LogP contribution in [0.15, 0.2) is 60.0 Å². The predicted molar refractivity (Wildman–Crippen MR) is 94.0 cm³/mol. The van der Waals surface area contributed by atoms with E-state index in [2.05, 4.69) is 16.6 Å². The third kappa shape index (κ3) is 4.03. The Kier molecular flexibility index (Phi) is 5.42. The Bertz CT molecular complexity index is 884. The number of para-hydroxylation sites is 1. The molecule has 0 aliphatic heterocycles. The van der Waals surface area contributed by atoms with Crippen molar-refractivity contribution in [1.29, 1.82) is 0 Å². The fraction of sp³-hybridized carbons (Fsp3) is 0.0667. The quantitative estimate of drug-likeness (QED) is 0.442. The summed E-state index contributed by atoms with van der Waals surface area (Å²) in [7, 11) is -4.02. The lowest BCUT2D eigenvalue weighted by Crippen LogP contribution is -2.14. The van der Waals surface area contributed by atoms with E-state index in [-0.39, 0.29) is 27.0 Å². The van der Waals surface area contributed by atoms with Gasteiger partial charge in [-0.3, -0.25) is 14.8 Å². The van der Waals surface area contributed by atoms with Crippen LogP contribution in [0.1, 0.15) is 0 Å². The lowest BCUT2D eigenvalue weighted by Gasteiger charge is -2.11. The molecular weight excluding hydrogens is 354 g/mol. The first kappa shape index (κ1) is 17.8. The number of hydrogen-bond donors (Lipinski definition) is 2. The molecule has 0 bridgehead atoms. The third-order valence-corrected chi connectivity index (χ3v) is 4.72. The van der Waals surface area contributed by atoms with Gasteiger partial charge < -0.3 is 5.32 Å². The Morgan fingerprint density at radius 3 is 2.54 bits per heavy atom. The molecule has 0 spiro atoms. The third-order valence-electron chi connectivity index (χ3n) is 3.03. The van der Waals surface area contributed by atoms with E-state index in [1.165, 1.54) is 30.3 Å². The van der Waals surface area contributed by atoms with Crippen LogP contribution in [0.5, 0.6) is 0 Å². The van der Waals surface area contributed by atoms with Crippen LogP contribution in [0, 0.1) is 10.1 Å². The van der Waals surface area contributed by atoms with Crippen molar-refractivity contribution in [3.63, 3.8) is 0 Å². The van der Waals surface area contributed by atoms with E-state index in [1.807, 2.05) is 0 Å². The summed E-state index contributed by atoms with van der Waals surface area (Å²) in [6, 6.07) is 9.91. The zero-order valence-corrected chi connectivity index (χ0v) is 14.0. The number of rotatable bonds is 7. The van der Waals surface area contributed by atoms with Crippen molar-refractivity contribution in [2.75, 3.05) is 16.6 Å². The average molecular weight is 368 g/mol. The predicted octanol–water partition coefficient (Wildman–Crippen LogP) is 3.65. The van der Waals surface area contributed by atoms with Crippen LogP contribution in [0.3, 0.4) is 0 Å². The zero-order valence-electron chi connectivity index (χ0n) is 12.4. The van der Waals surface area contributed by atoms with Gasteiger partial charge in [-0.15, -0.1) is 6.58 Å². The van der Waals surface area contributed by atoms with E-state index in [1.54, 1.807) is 12.1 Å². The summed E-state index contributed by atoms with van der Waals surface area (Å²) < 4.78 is 27.2. The molecule has 7 nitrogen and oxygen atoms in total. The summed E-state index contributed by atoms with van der Waals surface area (Å²) in [5.41, 5.74) is 0.0474. The molecule has 0 unspecified atom stereocenters. The molecule has 0 amide bonds. The number of nitro groups is 1. The number of benzene rings is 2. The normalized spacial score (nSPS) is 10.9. The summed E-state index contributed by atoms with van der Waals surface area (Å²) >= 11 is 5.93. The SMILES string of the molecule is C=CCNc1ccc(S(=O)(=O)Nc2ccccc2Cl)cc1[N+](=O)[O-]. The molecule has 0 atom stereocenters. The highest BCUT2D eigenvalue weighted by molar-refractivity contribution is 7.92. The molecule has 0 fully saturated rings. The van der Waals surface area contributed by atoms with E-state index in [4.69, 9.17) is 11.6 Å². The Morgan fingerprint density at radius 1 is 1.21 bits per heavy atom. The van der Waals surface area contributed by atoms with Crippen molar-refractivity contribution < 1.29 is 13.3 Å². The number of nitrogens with one attached hydrogen (secondary N) is 2. The van der Waals surface area contributed by atoms with Gasteiger partial charge in [0.25, 0.3) is 15.7 Å². The van der Waals surface area contributed by atoms with Crippen molar-refractivity contribution >= 4 is 38.7 Å². The van der Waals surface area contributed by atoms with Crippen LogP contribution in [-0.2, 0) is 10.0 Å². The van der Waals surface area contributed by atoms with Gasteiger partial charge in [-0.05, 0) is 24.3 Å². The molecule has 0 aliphatic carbocycles. The molecule has 0 aromatic heterocycles. The lowest BCUT2D eigenvalue weighted by molar-refractivity contribution is -0.384. The molecule has 2 aromatic carbocycles. The molecule has 0 heterocycles. The van der Waals surface area contributed by atoms with Gasteiger partial charge >= 0.3 is 0 Å². The van der Waals surface area contributed by atoms with Crippen molar-refractivity contribution in [3.8, 4) is 0 Å².